The van der Waals surface area contributed by atoms with Crippen molar-refractivity contribution in [1.29, 1.82) is 0 Å². The molecule has 1 aromatic rings. The molecule has 118 valence electrons. The number of carbonyl (C=O) groups is 1. The van der Waals surface area contributed by atoms with Crippen LogP contribution < -0.4 is 9.47 Å². The lowest BCUT2D eigenvalue weighted by Gasteiger charge is -2.12. The Bertz CT molecular complexity index is 477. The molecule has 0 bridgehead atoms. The first-order chi connectivity index (χ1) is 9.78. The van der Waals surface area contributed by atoms with E-state index in [0.29, 0.717) is 31.6 Å². The molecule has 0 atom stereocenters. The maximum Gasteiger partial charge on any atom is 0.573 e. The Morgan fingerprint density at radius 1 is 1.24 bits per heavy atom. The monoisotopic (exact) mass is 370 g/mol. The van der Waals surface area contributed by atoms with Crippen LogP contribution in [0.15, 0.2) is 22.7 Å². The number of ether oxygens (including phenoxy) is 2. The fourth-order valence-electron chi connectivity index (χ4n) is 1.52. The molecule has 1 rings (SSSR count). The summed E-state index contributed by atoms with van der Waals surface area (Å²) in [5, 5.41) is 8.46. The molecule has 0 aliphatic heterocycles. The van der Waals surface area contributed by atoms with Gasteiger partial charge in [-0.05, 0) is 53.4 Å². The Morgan fingerprint density at radius 2 is 1.95 bits per heavy atom. The molecule has 0 amide bonds. The van der Waals surface area contributed by atoms with Gasteiger partial charge >= 0.3 is 12.3 Å². The molecule has 0 saturated carbocycles. The summed E-state index contributed by atoms with van der Waals surface area (Å²) in [5.74, 6) is -0.758. The lowest BCUT2D eigenvalue weighted by molar-refractivity contribution is -0.274. The van der Waals surface area contributed by atoms with Crippen LogP contribution in [-0.2, 0) is 4.79 Å². The SMILES string of the molecule is O=C(O)CCCCCOc1ccc(OC(F)(F)F)c(Br)c1. The Hall–Kier alpha value is -1.44. The Morgan fingerprint density at radius 3 is 2.52 bits per heavy atom. The highest BCUT2D eigenvalue weighted by molar-refractivity contribution is 9.10. The predicted molar refractivity (Wildman–Crippen MR) is 72.4 cm³/mol. The summed E-state index contributed by atoms with van der Waals surface area (Å²) in [6.45, 7) is 0.367. The van der Waals surface area contributed by atoms with Crippen molar-refractivity contribution in [3.63, 3.8) is 0 Å². The first-order valence-electron chi connectivity index (χ1n) is 6.18. The van der Waals surface area contributed by atoms with Gasteiger partial charge in [0, 0.05) is 6.42 Å². The van der Waals surface area contributed by atoms with Gasteiger partial charge in [0.25, 0.3) is 0 Å². The van der Waals surface area contributed by atoms with Gasteiger partial charge in [0.15, 0.2) is 0 Å². The van der Waals surface area contributed by atoms with Crippen molar-refractivity contribution in [3.05, 3.63) is 22.7 Å². The Kier molecular flexibility index (Phi) is 6.80. The third-order valence-electron chi connectivity index (χ3n) is 2.43. The zero-order valence-electron chi connectivity index (χ0n) is 11.0. The highest BCUT2D eigenvalue weighted by atomic mass is 79.9. The summed E-state index contributed by atoms with van der Waals surface area (Å²) < 4.78 is 45.6. The van der Waals surface area contributed by atoms with Gasteiger partial charge in [-0.25, -0.2) is 0 Å². The van der Waals surface area contributed by atoms with E-state index in [1.165, 1.54) is 12.1 Å². The number of alkyl halides is 3. The molecular formula is C13H14BrF3O4. The zero-order chi connectivity index (χ0) is 15.9. The topological polar surface area (TPSA) is 55.8 Å². The molecule has 4 nitrogen and oxygen atoms in total. The van der Waals surface area contributed by atoms with Crippen molar-refractivity contribution in [1.82, 2.24) is 0 Å². The van der Waals surface area contributed by atoms with Crippen LogP contribution >= 0.6 is 15.9 Å². The molecule has 8 heteroatoms. The molecule has 0 aliphatic rings. The molecule has 0 unspecified atom stereocenters. The van der Waals surface area contributed by atoms with Crippen LogP contribution in [0.2, 0.25) is 0 Å². The number of benzene rings is 1. The molecule has 0 radical (unpaired) electrons. The van der Waals surface area contributed by atoms with Crippen LogP contribution in [0.3, 0.4) is 0 Å². The van der Waals surface area contributed by atoms with Gasteiger partial charge < -0.3 is 14.6 Å². The Balaban J connectivity index is 2.37. The van der Waals surface area contributed by atoms with E-state index in [0.717, 1.165) is 6.07 Å². The number of aliphatic carboxylic acids is 1. The number of hydrogen-bond acceptors (Lipinski definition) is 3. The number of unbranched alkanes of at least 4 members (excludes halogenated alkanes) is 2. The number of carboxylic acid groups (broad SMARTS) is 1. The summed E-state index contributed by atoms with van der Waals surface area (Å²) >= 11 is 2.98. The minimum absolute atomic E-state index is 0.120. The summed E-state index contributed by atoms with van der Waals surface area (Å²) in [4.78, 5) is 10.3. The molecule has 0 spiro atoms. The third kappa shape index (κ3) is 7.79. The van der Waals surface area contributed by atoms with E-state index in [-0.39, 0.29) is 16.6 Å². The van der Waals surface area contributed by atoms with E-state index in [4.69, 9.17) is 9.84 Å². The van der Waals surface area contributed by atoms with Crippen molar-refractivity contribution in [2.24, 2.45) is 0 Å². The van der Waals surface area contributed by atoms with Crippen molar-refractivity contribution >= 4 is 21.9 Å². The molecule has 0 saturated heterocycles. The van der Waals surface area contributed by atoms with Crippen molar-refractivity contribution in [3.8, 4) is 11.5 Å². The standard InChI is InChI=1S/C13H14BrF3O4/c14-10-8-9(5-6-11(10)21-13(15,16)17)20-7-3-1-2-4-12(18)19/h5-6,8H,1-4,7H2,(H,18,19). The smallest absolute Gasteiger partial charge is 0.494 e. The van der Waals surface area contributed by atoms with Gasteiger partial charge in [0.05, 0.1) is 11.1 Å². The molecule has 1 N–H and O–H groups in total. The fourth-order valence-corrected chi connectivity index (χ4v) is 1.96. The molecule has 1 aromatic carbocycles. The average Bonchev–Trinajstić information content (AvgIpc) is 2.35. The second kappa shape index (κ2) is 8.11. The summed E-state index contributed by atoms with van der Waals surface area (Å²) in [6.07, 6.45) is -2.67. The molecular weight excluding hydrogens is 357 g/mol. The van der Waals surface area contributed by atoms with Gasteiger partial charge in [-0.15, -0.1) is 13.2 Å². The largest absolute Gasteiger partial charge is 0.573 e. The van der Waals surface area contributed by atoms with Gasteiger partial charge in [0.2, 0.25) is 0 Å². The lowest BCUT2D eigenvalue weighted by Crippen LogP contribution is -2.17. The van der Waals surface area contributed by atoms with Crippen LogP contribution in [-0.4, -0.2) is 24.0 Å². The molecule has 0 fully saturated rings. The average molecular weight is 371 g/mol. The van der Waals surface area contributed by atoms with Crippen LogP contribution in [0.5, 0.6) is 11.5 Å². The van der Waals surface area contributed by atoms with E-state index < -0.39 is 12.3 Å². The Labute approximate surface area is 128 Å². The maximum atomic E-state index is 12.1. The van der Waals surface area contributed by atoms with Gasteiger partial charge in [-0.2, -0.15) is 0 Å². The predicted octanol–water partition coefficient (Wildman–Crippen LogP) is 4.37. The van der Waals surface area contributed by atoms with Crippen molar-refractivity contribution in [2.75, 3.05) is 6.61 Å². The normalized spacial score (nSPS) is 11.2. The highest BCUT2D eigenvalue weighted by Gasteiger charge is 2.31. The van der Waals surface area contributed by atoms with E-state index in [1.54, 1.807) is 0 Å². The highest BCUT2D eigenvalue weighted by Crippen LogP contribution is 2.33. The van der Waals surface area contributed by atoms with E-state index in [2.05, 4.69) is 20.7 Å². The zero-order valence-corrected chi connectivity index (χ0v) is 12.5. The van der Waals surface area contributed by atoms with Gasteiger partial charge in [-0.1, -0.05) is 0 Å². The minimum atomic E-state index is -4.74. The summed E-state index contributed by atoms with van der Waals surface area (Å²) in [5.41, 5.74) is 0. The number of carboxylic acids is 1. The number of rotatable bonds is 8. The van der Waals surface area contributed by atoms with E-state index in [9.17, 15) is 18.0 Å². The van der Waals surface area contributed by atoms with Crippen molar-refractivity contribution < 1.29 is 32.5 Å². The molecule has 0 aromatic heterocycles. The summed E-state index contributed by atoms with van der Waals surface area (Å²) in [6, 6.07) is 3.93. The quantitative estimate of drug-likeness (QED) is 0.690. The van der Waals surface area contributed by atoms with Crippen LogP contribution in [0, 0.1) is 0 Å². The number of hydrogen-bond donors (Lipinski definition) is 1. The van der Waals surface area contributed by atoms with E-state index >= 15 is 0 Å². The minimum Gasteiger partial charge on any atom is -0.494 e. The maximum absolute atomic E-state index is 12.1. The fraction of sp³-hybridized carbons (Fsp3) is 0.462. The molecule has 0 heterocycles. The van der Waals surface area contributed by atoms with Gasteiger partial charge in [-0.3, -0.25) is 4.79 Å². The lowest BCUT2D eigenvalue weighted by atomic mass is 10.2. The molecule has 21 heavy (non-hydrogen) atoms. The first-order valence-corrected chi connectivity index (χ1v) is 6.97. The van der Waals surface area contributed by atoms with Crippen LogP contribution in [0.4, 0.5) is 13.2 Å². The van der Waals surface area contributed by atoms with Crippen molar-refractivity contribution in [2.45, 2.75) is 32.0 Å². The van der Waals surface area contributed by atoms with E-state index in [1.807, 2.05) is 0 Å². The second-order valence-electron chi connectivity index (χ2n) is 4.19. The van der Waals surface area contributed by atoms with Crippen LogP contribution in [0.1, 0.15) is 25.7 Å². The number of halogens is 4. The second-order valence-corrected chi connectivity index (χ2v) is 5.05. The first kappa shape index (κ1) is 17.6. The third-order valence-corrected chi connectivity index (χ3v) is 3.05. The molecule has 0 aliphatic carbocycles. The summed E-state index contributed by atoms with van der Waals surface area (Å²) in [7, 11) is 0. The van der Waals surface area contributed by atoms with Crippen LogP contribution in [0.25, 0.3) is 0 Å². The van der Waals surface area contributed by atoms with Gasteiger partial charge in [0.1, 0.15) is 11.5 Å².